The molecule has 0 fully saturated rings. The van der Waals surface area contributed by atoms with Gasteiger partial charge in [0.05, 0.1) is 19.7 Å². The summed E-state index contributed by atoms with van der Waals surface area (Å²) in [5.74, 6) is 1.60. The summed E-state index contributed by atoms with van der Waals surface area (Å²) in [4.78, 5) is 4.39. The minimum atomic E-state index is -0.146. The van der Waals surface area contributed by atoms with Crippen LogP contribution in [0.1, 0.15) is 19.4 Å². The molecular formula is C22H26ClN3O2. The molecule has 28 heavy (non-hydrogen) atoms. The van der Waals surface area contributed by atoms with E-state index in [0.29, 0.717) is 11.6 Å². The molecule has 3 aromatic rings. The number of pyridine rings is 1. The molecule has 0 radical (unpaired) electrons. The molecule has 3 rings (SSSR count). The summed E-state index contributed by atoms with van der Waals surface area (Å²) in [7, 11) is 3.32. The van der Waals surface area contributed by atoms with Gasteiger partial charge >= 0.3 is 0 Å². The molecule has 0 spiro atoms. The quantitative estimate of drug-likeness (QED) is 0.565. The Labute approximate surface area is 171 Å². The van der Waals surface area contributed by atoms with Gasteiger partial charge in [0.25, 0.3) is 0 Å². The van der Waals surface area contributed by atoms with Crippen molar-refractivity contribution in [2.24, 2.45) is 0 Å². The summed E-state index contributed by atoms with van der Waals surface area (Å²) in [6, 6.07) is 13.6. The number of hydrogen-bond acceptors (Lipinski definition) is 5. The van der Waals surface area contributed by atoms with Crippen LogP contribution in [-0.4, -0.2) is 31.3 Å². The monoisotopic (exact) mass is 399 g/mol. The molecule has 0 aliphatic carbocycles. The van der Waals surface area contributed by atoms with Crippen LogP contribution < -0.4 is 20.1 Å². The third-order valence-electron chi connectivity index (χ3n) is 4.68. The molecule has 0 amide bonds. The molecule has 0 aliphatic rings. The van der Waals surface area contributed by atoms with Gasteiger partial charge in [0.2, 0.25) is 0 Å². The van der Waals surface area contributed by atoms with Crippen molar-refractivity contribution in [3.05, 3.63) is 59.2 Å². The highest BCUT2D eigenvalue weighted by molar-refractivity contribution is 6.31. The van der Waals surface area contributed by atoms with Crippen LogP contribution in [0.4, 0.5) is 5.69 Å². The molecule has 0 unspecified atom stereocenters. The zero-order valence-electron chi connectivity index (χ0n) is 16.7. The lowest BCUT2D eigenvalue weighted by Gasteiger charge is -2.28. The number of anilines is 1. The molecule has 5 nitrogen and oxygen atoms in total. The Kier molecular flexibility index (Phi) is 6.27. The molecule has 148 valence electrons. The largest absolute Gasteiger partial charge is 0.497 e. The van der Waals surface area contributed by atoms with Crippen molar-refractivity contribution in [3.63, 3.8) is 0 Å². The summed E-state index contributed by atoms with van der Waals surface area (Å²) in [6.07, 6.45) is 1.80. The fraction of sp³-hybridized carbons (Fsp3) is 0.318. The van der Waals surface area contributed by atoms with Crippen molar-refractivity contribution in [1.82, 2.24) is 10.3 Å². The number of fused-ring (bicyclic) bond motifs is 1. The van der Waals surface area contributed by atoms with Gasteiger partial charge in [-0.2, -0.15) is 0 Å². The zero-order valence-corrected chi connectivity index (χ0v) is 17.4. The third-order valence-corrected chi connectivity index (χ3v) is 4.91. The van der Waals surface area contributed by atoms with Gasteiger partial charge in [-0.25, -0.2) is 0 Å². The van der Waals surface area contributed by atoms with Gasteiger partial charge in [0.1, 0.15) is 11.5 Å². The Morgan fingerprint density at radius 1 is 1.04 bits per heavy atom. The summed E-state index contributed by atoms with van der Waals surface area (Å²) in [5, 5.41) is 8.87. The maximum atomic E-state index is 6.08. The van der Waals surface area contributed by atoms with Crippen molar-refractivity contribution < 1.29 is 9.47 Å². The van der Waals surface area contributed by atoms with E-state index in [4.69, 9.17) is 21.1 Å². The Morgan fingerprint density at radius 2 is 1.86 bits per heavy atom. The highest BCUT2D eigenvalue weighted by Crippen LogP contribution is 2.26. The van der Waals surface area contributed by atoms with Crippen LogP contribution in [0, 0.1) is 0 Å². The van der Waals surface area contributed by atoms with Crippen LogP contribution in [0.5, 0.6) is 11.5 Å². The Hall–Kier alpha value is -2.50. The number of benzene rings is 2. The molecule has 1 aromatic heterocycles. The number of hydrogen-bond donors (Lipinski definition) is 2. The van der Waals surface area contributed by atoms with E-state index in [1.165, 1.54) is 0 Å². The van der Waals surface area contributed by atoms with Gasteiger partial charge in [-0.15, -0.1) is 0 Å². The Balaban J connectivity index is 1.66. The Morgan fingerprint density at radius 3 is 2.61 bits per heavy atom. The topological polar surface area (TPSA) is 55.4 Å². The van der Waals surface area contributed by atoms with E-state index in [0.717, 1.165) is 40.2 Å². The minimum Gasteiger partial charge on any atom is -0.497 e. The predicted molar refractivity (Wildman–Crippen MR) is 116 cm³/mol. The fourth-order valence-electron chi connectivity index (χ4n) is 2.99. The highest BCUT2D eigenvalue weighted by Gasteiger charge is 2.18. The SMILES string of the molecule is COc1ccc(CNC(C)(C)CNc2ccnc3cc(Cl)ccc23)c(OC)c1. The second-order valence-electron chi connectivity index (χ2n) is 7.29. The van der Waals surface area contributed by atoms with E-state index in [1.807, 2.05) is 42.5 Å². The summed E-state index contributed by atoms with van der Waals surface area (Å²) < 4.78 is 10.8. The van der Waals surface area contributed by atoms with Gasteiger partial charge in [0, 0.05) is 52.6 Å². The molecule has 2 aromatic carbocycles. The first-order chi connectivity index (χ1) is 13.4. The maximum Gasteiger partial charge on any atom is 0.127 e. The molecule has 0 saturated heterocycles. The number of rotatable bonds is 8. The third kappa shape index (κ3) is 4.86. The molecule has 1 heterocycles. The average Bonchev–Trinajstić information content (AvgIpc) is 2.70. The summed E-state index contributed by atoms with van der Waals surface area (Å²) in [6.45, 7) is 5.76. The second-order valence-corrected chi connectivity index (χ2v) is 7.73. The maximum absolute atomic E-state index is 6.08. The lowest BCUT2D eigenvalue weighted by Crippen LogP contribution is -2.44. The molecule has 0 aliphatic heterocycles. The van der Waals surface area contributed by atoms with Crippen molar-refractivity contribution in [2.75, 3.05) is 26.1 Å². The van der Waals surface area contributed by atoms with E-state index in [9.17, 15) is 0 Å². The number of ether oxygens (including phenoxy) is 2. The Bertz CT molecular complexity index is 960. The van der Waals surface area contributed by atoms with E-state index >= 15 is 0 Å². The van der Waals surface area contributed by atoms with Crippen LogP contribution in [0.3, 0.4) is 0 Å². The number of nitrogens with one attached hydrogen (secondary N) is 2. The standard InChI is InChI=1S/C22H26ClN3O2/c1-22(2,26-13-15-5-7-17(27-3)12-21(15)28-4)14-25-19-9-10-24-20-11-16(23)6-8-18(19)20/h5-12,26H,13-14H2,1-4H3,(H,24,25). The van der Waals surface area contributed by atoms with E-state index in [1.54, 1.807) is 20.4 Å². The second kappa shape index (κ2) is 8.67. The van der Waals surface area contributed by atoms with Crippen molar-refractivity contribution in [1.29, 1.82) is 0 Å². The zero-order chi connectivity index (χ0) is 20.1. The number of methoxy groups -OCH3 is 2. The summed E-state index contributed by atoms with van der Waals surface area (Å²) in [5.41, 5.74) is 2.86. The molecule has 2 N–H and O–H groups in total. The van der Waals surface area contributed by atoms with Gasteiger partial charge in [-0.3, -0.25) is 4.98 Å². The number of halogens is 1. The van der Waals surface area contributed by atoms with Crippen LogP contribution in [0.15, 0.2) is 48.7 Å². The molecule has 0 atom stereocenters. The van der Waals surface area contributed by atoms with Crippen molar-refractivity contribution in [3.8, 4) is 11.5 Å². The smallest absolute Gasteiger partial charge is 0.127 e. The molecular weight excluding hydrogens is 374 g/mol. The molecule has 0 saturated carbocycles. The van der Waals surface area contributed by atoms with Crippen LogP contribution in [0.25, 0.3) is 10.9 Å². The van der Waals surface area contributed by atoms with Crippen molar-refractivity contribution >= 4 is 28.2 Å². The van der Waals surface area contributed by atoms with E-state index in [-0.39, 0.29) is 5.54 Å². The van der Waals surface area contributed by atoms with Crippen LogP contribution in [-0.2, 0) is 6.54 Å². The molecule has 6 heteroatoms. The minimum absolute atomic E-state index is 0.146. The van der Waals surface area contributed by atoms with E-state index in [2.05, 4.69) is 29.5 Å². The number of aromatic nitrogens is 1. The van der Waals surface area contributed by atoms with Crippen molar-refractivity contribution in [2.45, 2.75) is 25.9 Å². The lowest BCUT2D eigenvalue weighted by atomic mass is 10.0. The predicted octanol–water partition coefficient (Wildman–Crippen LogP) is 4.89. The van der Waals surface area contributed by atoms with Crippen LogP contribution >= 0.6 is 11.6 Å². The summed E-state index contributed by atoms with van der Waals surface area (Å²) >= 11 is 6.08. The van der Waals surface area contributed by atoms with Gasteiger partial charge in [-0.05, 0) is 44.2 Å². The normalized spacial score (nSPS) is 11.5. The van der Waals surface area contributed by atoms with E-state index < -0.39 is 0 Å². The first-order valence-corrected chi connectivity index (χ1v) is 9.54. The van der Waals surface area contributed by atoms with Gasteiger partial charge in [-0.1, -0.05) is 17.7 Å². The lowest BCUT2D eigenvalue weighted by molar-refractivity contribution is 0.377. The average molecular weight is 400 g/mol. The van der Waals surface area contributed by atoms with Gasteiger partial charge in [0.15, 0.2) is 0 Å². The molecule has 0 bridgehead atoms. The first kappa shape index (κ1) is 20.2. The fourth-order valence-corrected chi connectivity index (χ4v) is 3.15. The van der Waals surface area contributed by atoms with Crippen LogP contribution in [0.2, 0.25) is 5.02 Å². The first-order valence-electron chi connectivity index (χ1n) is 9.16. The number of nitrogens with zero attached hydrogens (tertiary/aromatic N) is 1. The van der Waals surface area contributed by atoms with Gasteiger partial charge < -0.3 is 20.1 Å². The highest BCUT2D eigenvalue weighted by atomic mass is 35.5.